The molecule has 2 saturated heterocycles. The first-order valence-corrected chi connectivity index (χ1v) is 10.1. The Morgan fingerprint density at radius 2 is 2.24 bits per heavy atom. The number of piperidine rings is 1. The number of fused-ring (bicyclic) bond motifs is 2. The van der Waals surface area contributed by atoms with Crippen molar-refractivity contribution in [2.24, 2.45) is 5.92 Å². The van der Waals surface area contributed by atoms with E-state index < -0.39 is 17.2 Å². The molecule has 1 aromatic heterocycles. The summed E-state index contributed by atoms with van der Waals surface area (Å²) in [6.07, 6.45) is 5.08. The number of nitrogens with one attached hydrogen (secondary N) is 1. The molecule has 2 aliphatic heterocycles. The van der Waals surface area contributed by atoms with Gasteiger partial charge in [0.2, 0.25) is 5.43 Å². The Bertz CT molecular complexity index is 1120. The summed E-state index contributed by atoms with van der Waals surface area (Å²) in [4.78, 5) is 26.9. The van der Waals surface area contributed by atoms with Gasteiger partial charge in [-0.3, -0.25) is 4.79 Å². The SMILES string of the molecule is [2H]OC(=O)c1cn(C2CC2)c2c(OC)c(N3CC4CCCN([2H])C4C3)c(F)cc2c1=O. The van der Waals surface area contributed by atoms with Crippen LogP contribution in [0.4, 0.5) is 10.1 Å². The van der Waals surface area contributed by atoms with E-state index in [1.54, 1.807) is 9.88 Å². The average Bonchev–Trinajstić information content (AvgIpc) is 3.51. The predicted octanol–water partition coefficient (Wildman–Crippen LogP) is 2.37. The zero-order valence-corrected chi connectivity index (χ0v) is 16.2. The van der Waals surface area contributed by atoms with Gasteiger partial charge in [0.25, 0.3) is 1.43 Å². The van der Waals surface area contributed by atoms with Crippen LogP contribution < -0.4 is 20.4 Å². The molecule has 1 aromatic carbocycles. The van der Waals surface area contributed by atoms with Crippen LogP contribution in [0, 0.1) is 11.7 Å². The Morgan fingerprint density at radius 3 is 2.93 bits per heavy atom. The minimum Gasteiger partial charge on any atom is -0.492 e. The van der Waals surface area contributed by atoms with Crippen molar-refractivity contribution >= 4 is 22.6 Å². The number of aromatic carboxylic acids is 1. The molecule has 29 heavy (non-hydrogen) atoms. The van der Waals surface area contributed by atoms with Gasteiger partial charge in [0.15, 0.2) is 11.6 Å². The van der Waals surface area contributed by atoms with E-state index in [0.717, 1.165) is 31.7 Å². The first-order chi connectivity index (χ1) is 14.9. The third-order valence-corrected chi connectivity index (χ3v) is 6.38. The number of rotatable bonds is 4. The van der Waals surface area contributed by atoms with Crippen LogP contribution in [0.3, 0.4) is 0 Å². The van der Waals surface area contributed by atoms with Crippen LogP contribution in [0.2, 0.25) is 1.41 Å². The van der Waals surface area contributed by atoms with E-state index in [4.69, 9.17) is 7.58 Å². The second kappa shape index (κ2) is 6.73. The molecule has 2 unspecified atom stereocenters. The number of halogens is 1. The van der Waals surface area contributed by atoms with Crippen molar-refractivity contribution in [2.45, 2.75) is 37.8 Å². The molecular formula is C21H24FN3O4. The van der Waals surface area contributed by atoms with E-state index in [-0.39, 0.29) is 34.7 Å². The highest BCUT2D eigenvalue weighted by atomic mass is 19.1. The first-order valence-electron chi connectivity index (χ1n) is 10.9. The van der Waals surface area contributed by atoms with E-state index in [2.05, 4.69) is 5.11 Å². The Balaban J connectivity index is 1.71. The number of carboxylic acid groups (broad SMARTS) is 1. The Morgan fingerprint density at radius 1 is 1.41 bits per heavy atom. The van der Waals surface area contributed by atoms with Gasteiger partial charge in [-0.15, -0.1) is 0 Å². The summed E-state index contributed by atoms with van der Waals surface area (Å²) >= 11 is 0. The number of nitrogens with zero attached hydrogens (tertiary/aromatic N) is 2. The van der Waals surface area contributed by atoms with Gasteiger partial charge in [-0.25, -0.2) is 9.18 Å². The average molecular weight is 403 g/mol. The van der Waals surface area contributed by atoms with Gasteiger partial charge in [0.05, 0.1) is 18.0 Å². The van der Waals surface area contributed by atoms with Crippen molar-refractivity contribution in [1.29, 1.82) is 1.43 Å². The minimum absolute atomic E-state index is 0.0339. The van der Waals surface area contributed by atoms with Gasteiger partial charge < -0.3 is 24.6 Å². The van der Waals surface area contributed by atoms with E-state index in [9.17, 15) is 9.59 Å². The standard InChI is InChI=1S/C21H24FN3O4/c1-29-20-17-13(19(26)14(21(27)28)9-25(17)12-4-5-12)7-15(22)18(20)24-8-11-3-2-6-23-16(11)10-24/h7,9,11-12,16,23H,2-6,8,10H2,1H3,(H,27,28)/i/hD2. The van der Waals surface area contributed by atoms with Crippen LogP contribution in [0.15, 0.2) is 17.1 Å². The van der Waals surface area contributed by atoms with Crippen LogP contribution in [-0.2, 0) is 0 Å². The van der Waals surface area contributed by atoms with Gasteiger partial charge in [0.1, 0.15) is 12.7 Å². The minimum atomic E-state index is -1.07. The Labute approximate surface area is 170 Å². The molecule has 2 aromatic rings. The number of carboxylic acids is 1. The zero-order chi connectivity index (χ0) is 21.9. The molecule has 0 spiro atoms. The lowest BCUT2D eigenvalue weighted by molar-refractivity contribution is 0.0695. The summed E-state index contributed by atoms with van der Waals surface area (Å²) in [5.41, 5.74) is -0.228. The van der Waals surface area contributed by atoms with E-state index >= 15 is 4.39 Å². The van der Waals surface area contributed by atoms with Crippen LogP contribution in [0.5, 0.6) is 5.75 Å². The summed E-state index contributed by atoms with van der Waals surface area (Å²) in [6.45, 7) is 1.85. The highest BCUT2D eigenvalue weighted by Gasteiger charge is 2.38. The van der Waals surface area contributed by atoms with E-state index in [1.165, 1.54) is 13.3 Å². The summed E-state index contributed by atoms with van der Waals surface area (Å²) < 4.78 is 38.0. The number of anilines is 1. The van der Waals surface area contributed by atoms with Crippen molar-refractivity contribution in [3.63, 3.8) is 0 Å². The number of hydrogen-bond donors (Lipinski definition) is 2. The number of pyridine rings is 1. The van der Waals surface area contributed by atoms with Crippen molar-refractivity contribution in [1.82, 2.24) is 9.88 Å². The number of methoxy groups -OCH3 is 1. The Hall–Kier alpha value is -2.61. The number of hydrogen-bond acceptors (Lipinski definition) is 6. The maximum atomic E-state index is 15.5. The molecule has 154 valence electrons. The third kappa shape index (κ3) is 2.88. The molecule has 0 radical (unpaired) electrons. The lowest BCUT2D eigenvalue weighted by atomic mass is 9.94. The second-order valence-corrected chi connectivity index (χ2v) is 8.22. The molecule has 3 heterocycles. The van der Waals surface area contributed by atoms with Crippen molar-refractivity contribution in [3.05, 3.63) is 33.9 Å². The quantitative estimate of drug-likeness (QED) is 0.816. The number of benzene rings is 1. The molecule has 2 N–H and O–H groups in total. The van der Waals surface area contributed by atoms with Crippen LogP contribution in [-0.4, -0.2) is 48.4 Å². The summed E-state index contributed by atoms with van der Waals surface area (Å²) in [5.74, 6) is -1.12. The third-order valence-electron chi connectivity index (χ3n) is 6.38. The molecule has 3 aliphatic rings. The first kappa shape index (κ1) is 16.2. The number of carbonyl (C=O) groups is 1. The number of ether oxygens (including phenoxy) is 1. The lowest BCUT2D eigenvalue weighted by Gasteiger charge is -2.25. The topological polar surface area (TPSA) is 83.8 Å². The highest BCUT2D eigenvalue weighted by molar-refractivity contribution is 5.97. The van der Waals surface area contributed by atoms with Crippen LogP contribution in [0.25, 0.3) is 12.3 Å². The van der Waals surface area contributed by atoms with E-state index in [0.29, 0.717) is 30.8 Å². The summed E-state index contributed by atoms with van der Waals surface area (Å²) in [7, 11) is 1.45. The molecule has 1 saturated carbocycles. The maximum Gasteiger partial charge on any atom is 0.341 e. The van der Waals surface area contributed by atoms with Crippen molar-refractivity contribution in [2.75, 3.05) is 31.6 Å². The fourth-order valence-electron chi connectivity index (χ4n) is 4.86. The Kier molecular flexibility index (Phi) is 3.76. The normalized spacial score (nSPS) is 25.5. The van der Waals surface area contributed by atoms with Gasteiger partial charge in [-0.05, 0) is 44.2 Å². The van der Waals surface area contributed by atoms with Gasteiger partial charge >= 0.3 is 5.97 Å². The highest BCUT2D eigenvalue weighted by Crippen LogP contribution is 2.45. The molecular weight excluding hydrogens is 377 g/mol. The van der Waals surface area contributed by atoms with Gasteiger partial charge in [-0.2, -0.15) is 0 Å². The number of aromatic nitrogens is 1. The molecule has 0 bridgehead atoms. The van der Waals surface area contributed by atoms with Crippen molar-refractivity contribution in [3.8, 4) is 5.75 Å². The summed E-state index contributed by atoms with van der Waals surface area (Å²) in [5, 5.41) is 5.65. The molecule has 7 nitrogen and oxygen atoms in total. The van der Waals surface area contributed by atoms with E-state index in [1.807, 2.05) is 4.90 Å². The monoisotopic (exact) mass is 403 g/mol. The molecule has 1 aliphatic carbocycles. The zero-order valence-electron chi connectivity index (χ0n) is 18.2. The fourth-order valence-corrected chi connectivity index (χ4v) is 4.86. The molecule has 8 heteroatoms. The molecule has 3 fully saturated rings. The predicted molar refractivity (Wildman–Crippen MR) is 107 cm³/mol. The lowest BCUT2D eigenvalue weighted by Crippen LogP contribution is -2.40. The maximum absolute atomic E-state index is 15.5. The second-order valence-electron chi connectivity index (χ2n) is 8.22. The van der Waals surface area contributed by atoms with Crippen molar-refractivity contribution < 1.29 is 20.4 Å². The van der Waals surface area contributed by atoms with Crippen LogP contribution in [0.1, 0.15) is 42.1 Å². The summed E-state index contributed by atoms with van der Waals surface area (Å²) in [6, 6.07) is 1.26. The largest absolute Gasteiger partial charge is 0.492 e. The van der Waals surface area contributed by atoms with Crippen LogP contribution >= 0.6 is 0 Å². The molecule has 2 atom stereocenters. The van der Waals surface area contributed by atoms with Gasteiger partial charge in [0, 0.05) is 31.4 Å². The smallest absolute Gasteiger partial charge is 0.341 e. The fraction of sp³-hybridized carbons (Fsp3) is 0.524. The molecule has 5 rings (SSSR count). The van der Waals surface area contributed by atoms with Gasteiger partial charge in [-0.1, -0.05) is 0 Å². The molecule has 0 amide bonds.